The number of nitrogens with zero attached hydrogens (tertiary/aromatic N) is 1. The quantitative estimate of drug-likeness (QED) is 0.287. The van der Waals surface area contributed by atoms with E-state index < -0.39 is 29.7 Å². The van der Waals surface area contributed by atoms with Gasteiger partial charge in [-0.15, -0.1) is 0 Å². The Kier molecular flexibility index (Phi) is 8.37. The molecular weight excluding hydrogens is 460 g/mol. The zero-order valence-electron chi connectivity index (χ0n) is 20.8. The third-order valence-corrected chi connectivity index (χ3v) is 6.05. The monoisotopic (exact) mass is 492 g/mol. The number of Topliss-reactive ketones (excluding diaryl/α,β-unsaturated/α-hetero) is 1. The highest BCUT2D eigenvalue weighted by molar-refractivity contribution is 6.05. The Morgan fingerprint density at radius 1 is 0.917 bits per heavy atom. The molecule has 0 aliphatic carbocycles. The fourth-order valence-corrected chi connectivity index (χ4v) is 3.93. The molecule has 2 atom stereocenters. The van der Waals surface area contributed by atoms with Gasteiger partial charge in [0.15, 0.2) is 11.7 Å². The number of amides is 3. The van der Waals surface area contributed by atoms with Crippen molar-refractivity contribution in [3.05, 3.63) is 77.4 Å². The van der Waals surface area contributed by atoms with E-state index in [0.717, 1.165) is 5.56 Å². The van der Waals surface area contributed by atoms with Crippen molar-refractivity contribution in [1.29, 1.82) is 0 Å². The molecule has 36 heavy (non-hydrogen) atoms. The molecule has 3 rings (SSSR count). The van der Waals surface area contributed by atoms with Crippen LogP contribution in [0.3, 0.4) is 0 Å². The number of aromatic nitrogens is 1. The first-order chi connectivity index (χ1) is 17.1. The molecule has 0 fully saturated rings. The molecule has 9 heteroatoms. The highest BCUT2D eigenvalue weighted by Gasteiger charge is 2.31. The summed E-state index contributed by atoms with van der Waals surface area (Å²) in [5.74, 6) is -2.02. The van der Waals surface area contributed by atoms with Crippen LogP contribution in [-0.4, -0.2) is 46.0 Å². The molecule has 3 amide bonds. The molecule has 3 aromatic rings. The van der Waals surface area contributed by atoms with Crippen LogP contribution in [0.5, 0.6) is 11.8 Å². The Hall–Kier alpha value is -4.27. The standard InChI is InChI=1S/C27H32N4O5/c1-16(2)23(24(33)22-17(3)25(34)30-26(22)35)29-21(32)15-20(18-11-7-5-8-12-18)28-27(36)31(4)19-13-9-6-10-14-19/h5-14,16,20,23,30,34-35H,15H2,1-4H3,(H,28,36)(H,29,32)/t20-,23-/m0/s1. The predicted octanol–water partition coefficient (Wildman–Crippen LogP) is 4.04. The maximum atomic E-state index is 13.2. The molecule has 5 N–H and O–H groups in total. The lowest BCUT2D eigenvalue weighted by molar-refractivity contribution is -0.122. The smallest absolute Gasteiger partial charge is 0.322 e. The lowest BCUT2D eigenvalue weighted by atomic mass is 9.93. The summed E-state index contributed by atoms with van der Waals surface area (Å²) < 4.78 is 0. The largest absolute Gasteiger partial charge is 0.494 e. The van der Waals surface area contributed by atoms with Crippen LogP contribution in [0.15, 0.2) is 60.7 Å². The Morgan fingerprint density at radius 2 is 1.50 bits per heavy atom. The molecule has 2 aromatic carbocycles. The highest BCUT2D eigenvalue weighted by atomic mass is 16.3. The van der Waals surface area contributed by atoms with Crippen molar-refractivity contribution in [2.75, 3.05) is 11.9 Å². The summed E-state index contributed by atoms with van der Waals surface area (Å²) in [4.78, 5) is 43.1. The Bertz CT molecular complexity index is 1210. The van der Waals surface area contributed by atoms with Gasteiger partial charge in [0.1, 0.15) is 0 Å². The van der Waals surface area contributed by atoms with E-state index in [4.69, 9.17) is 0 Å². The molecule has 0 radical (unpaired) electrons. The zero-order chi connectivity index (χ0) is 26.4. The number of H-pyrrole nitrogens is 1. The van der Waals surface area contributed by atoms with Crippen LogP contribution in [-0.2, 0) is 4.79 Å². The van der Waals surface area contributed by atoms with E-state index in [9.17, 15) is 24.6 Å². The van der Waals surface area contributed by atoms with E-state index in [1.165, 1.54) is 11.8 Å². The average Bonchev–Trinajstić information content (AvgIpc) is 3.12. The fourth-order valence-electron chi connectivity index (χ4n) is 3.93. The second-order valence-electron chi connectivity index (χ2n) is 8.99. The summed E-state index contributed by atoms with van der Waals surface area (Å²) in [5, 5.41) is 25.6. The molecule has 0 saturated carbocycles. The van der Waals surface area contributed by atoms with Crippen LogP contribution in [0.1, 0.15) is 47.8 Å². The number of carbonyl (C=O) groups is 3. The van der Waals surface area contributed by atoms with Gasteiger partial charge in [0.05, 0.1) is 24.1 Å². The topological polar surface area (TPSA) is 135 Å². The summed E-state index contributed by atoms with van der Waals surface area (Å²) in [5.41, 5.74) is 1.57. The van der Waals surface area contributed by atoms with E-state index in [-0.39, 0.29) is 35.4 Å². The van der Waals surface area contributed by atoms with Gasteiger partial charge in [0.2, 0.25) is 11.8 Å². The molecule has 9 nitrogen and oxygen atoms in total. The van der Waals surface area contributed by atoms with Gasteiger partial charge in [-0.25, -0.2) is 4.79 Å². The summed E-state index contributed by atoms with van der Waals surface area (Å²) in [6.45, 7) is 5.04. The van der Waals surface area contributed by atoms with Crippen molar-refractivity contribution in [3.8, 4) is 11.8 Å². The normalized spacial score (nSPS) is 12.6. The third-order valence-electron chi connectivity index (χ3n) is 6.05. The Labute approximate surface area is 210 Å². The first-order valence-electron chi connectivity index (χ1n) is 11.7. The molecule has 1 aromatic heterocycles. The number of ketones is 1. The predicted molar refractivity (Wildman–Crippen MR) is 137 cm³/mol. The SMILES string of the molecule is Cc1c(O)[nH]c(O)c1C(=O)[C@@H](NC(=O)C[C@H](NC(=O)N(C)c1ccccc1)c1ccccc1)C(C)C. The summed E-state index contributed by atoms with van der Waals surface area (Å²) in [6.07, 6.45) is -0.113. The molecule has 0 spiro atoms. The lowest BCUT2D eigenvalue weighted by Gasteiger charge is -2.26. The minimum Gasteiger partial charge on any atom is -0.494 e. The average molecular weight is 493 g/mol. The molecule has 0 saturated heterocycles. The maximum absolute atomic E-state index is 13.2. The summed E-state index contributed by atoms with van der Waals surface area (Å²) in [7, 11) is 1.64. The van der Waals surface area contributed by atoms with Crippen molar-refractivity contribution in [1.82, 2.24) is 15.6 Å². The van der Waals surface area contributed by atoms with Gasteiger partial charge in [0.25, 0.3) is 0 Å². The van der Waals surface area contributed by atoms with Crippen molar-refractivity contribution in [2.45, 2.75) is 39.3 Å². The number of para-hydroxylation sites is 1. The number of anilines is 1. The van der Waals surface area contributed by atoms with E-state index >= 15 is 0 Å². The van der Waals surface area contributed by atoms with Gasteiger partial charge in [-0.2, -0.15) is 0 Å². The second kappa shape index (κ2) is 11.4. The minimum absolute atomic E-state index is 0.0658. The van der Waals surface area contributed by atoms with Crippen molar-refractivity contribution >= 4 is 23.4 Å². The number of nitrogens with one attached hydrogen (secondary N) is 3. The van der Waals surface area contributed by atoms with Crippen LogP contribution < -0.4 is 15.5 Å². The van der Waals surface area contributed by atoms with Crippen LogP contribution in [0.4, 0.5) is 10.5 Å². The van der Waals surface area contributed by atoms with Crippen LogP contribution in [0.2, 0.25) is 0 Å². The first-order valence-corrected chi connectivity index (χ1v) is 11.7. The number of aromatic amines is 1. The fraction of sp³-hybridized carbons (Fsp3) is 0.296. The van der Waals surface area contributed by atoms with Crippen LogP contribution in [0, 0.1) is 12.8 Å². The third kappa shape index (κ3) is 6.04. The van der Waals surface area contributed by atoms with Gasteiger partial charge < -0.3 is 20.8 Å². The van der Waals surface area contributed by atoms with E-state index in [1.54, 1.807) is 33.0 Å². The van der Waals surface area contributed by atoms with Gasteiger partial charge in [-0.1, -0.05) is 62.4 Å². The van der Waals surface area contributed by atoms with E-state index in [0.29, 0.717) is 5.69 Å². The molecule has 0 aliphatic rings. The number of benzene rings is 2. The van der Waals surface area contributed by atoms with Gasteiger partial charge in [0, 0.05) is 18.3 Å². The number of hydrogen-bond donors (Lipinski definition) is 5. The first kappa shape index (κ1) is 26.3. The highest BCUT2D eigenvalue weighted by Crippen LogP contribution is 2.30. The zero-order valence-corrected chi connectivity index (χ0v) is 20.8. The van der Waals surface area contributed by atoms with Crippen molar-refractivity contribution < 1.29 is 24.6 Å². The lowest BCUT2D eigenvalue weighted by Crippen LogP contribution is -2.46. The number of rotatable bonds is 9. The van der Waals surface area contributed by atoms with E-state index in [1.807, 2.05) is 48.5 Å². The van der Waals surface area contributed by atoms with E-state index in [2.05, 4.69) is 15.6 Å². The summed E-state index contributed by atoms with van der Waals surface area (Å²) >= 11 is 0. The summed E-state index contributed by atoms with van der Waals surface area (Å²) in [6, 6.07) is 16.2. The molecule has 0 aliphatic heterocycles. The molecule has 0 unspecified atom stereocenters. The Morgan fingerprint density at radius 3 is 2.03 bits per heavy atom. The van der Waals surface area contributed by atoms with Gasteiger partial charge in [-0.3, -0.25) is 19.5 Å². The number of carbonyl (C=O) groups excluding carboxylic acids is 3. The molecule has 1 heterocycles. The number of aromatic hydroxyl groups is 2. The molecule has 190 valence electrons. The van der Waals surface area contributed by atoms with Gasteiger partial charge in [-0.05, 0) is 30.5 Å². The van der Waals surface area contributed by atoms with Gasteiger partial charge >= 0.3 is 6.03 Å². The Balaban J connectivity index is 1.78. The second-order valence-corrected chi connectivity index (χ2v) is 8.99. The van der Waals surface area contributed by atoms with Crippen molar-refractivity contribution in [3.63, 3.8) is 0 Å². The van der Waals surface area contributed by atoms with Crippen molar-refractivity contribution in [2.24, 2.45) is 5.92 Å². The molecular formula is C27H32N4O5. The molecule has 0 bridgehead atoms. The number of urea groups is 1. The maximum Gasteiger partial charge on any atom is 0.322 e. The van der Waals surface area contributed by atoms with Crippen LogP contribution in [0.25, 0.3) is 0 Å². The minimum atomic E-state index is -0.948. The van der Waals surface area contributed by atoms with Crippen LogP contribution >= 0.6 is 0 Å². The number of hydrogen-bond acceptors (Lipinski definition) is 5.